The van der Waals surface area contributed by atoms with Crippen LogP contribution in [0.25, 0.3) is 10.9 Å². The van der Waals surface area contributed by atoms with E-state index in [1.807, 2.05) is 12.1 Å². The summed E-state index contributed by atoms with van der Waals surface area (Å²) in [6.45, 7) is 0.892. The Kier molecular flexibility index (Phi) is 4.36. The van der Waals surface area contributed by atoms with Crippen LogP contribution in [0.3, 0.4) is 0 Å². The second-order valence-corrected chi connectivity index (χ2v) is 7.74. The molecule has 1 aliphatic heterocycles. The molecule has 1 atom stereocenters. The van der Waals surface area contributed by atoms with Gasteiger partial charge in [-0.15, -0.1) is 0 Å². The molecular formula is C15H20N4O3S. The Morgan fingerprint density at radius 2 is 2.26 bits per heavy atom. The van der Waals surface area contributed by atoms with Gasteiger partial charge < -0.3 is 4.90 Å². The second kappa shape index (κ2) is 6.29. The molecular weight excluding hydrogens is 316 g/mol. The first kappa shape index (κ1) is 15.9. The number of fused-ring (bicyclic) bond motifs is 1. The highest BCUT2D eigenvalue weighted by atomic mass is 32.2. The molecule has 7 nitrogen and oxygen atoms in total. The maximum atomic E-state index is 12.9. The minimum atomic E-state index is -3.27. The minimum Gasteiger partial charge on any atom is -0.334 e. The van der Waals surface area contributed by atoms with E-state index in [9.17, 15) is 13.2 Å². The van der Waals surface area contributed by atoms with Crippen molar-refractivity contribution in [1.29, 1.82) is 0 Å². The summed E-state index contributed by atoms with van der Waals surface area (Å²) in [6, 6.07) is 5.38. The second-order valence-electron chi connectivity index (χ2n) is 5.91. The van der Waals surface area contributed by atoms with E-state index in [2.05, 4.69) is 14.9 Å². The fourth-order valence-electron chi connectivity index (χ4n) is 3.03. The monoisotopic (exact) mass is 336 g/mol. The maximum Gasteiger partial charge on any atom is 0.256 e. The third kappa shape index (κ3) is 3.53. The summed E-state index contributed by atoms with van der Waals surface area (Å²) in [5.41, 5.74) is 1.30. The maximum absolute atomic E-state index is 12.9. The zero-order chi connectivity index (χ0) is 16.4. The molecule has 2 aromatic rings. The smallest absolute Gasteiger partial charge is 0.256 e. The number of carbonyl (C=O) groups is 1. The van der Waals surface area contributed by atoms with E-state index in [-0.39, 0.29) is 18.5 Å². The molecule has 1 aliphatic rings. The number of aromatic nitrogens is 2. The van der Waals surface area contributed by atoms with E-state index in [4.69, 9.17) is 0 Å². The molecule has 1 saturated heterocycles. The molecule has 23 heavy (non-hydrogen) atoms. The van der Waals surface area contributed by atoms with Gasteiger partial charge in [0.05, 0.1) is 23.5 Å². The highest BCUT2D eigenvalue weighted by Gasteiger charge is 2.29. The fourth-order valence-corrected chi connectivity index (χ4v) is 3.52. The quantitative estimate of drug-likeness (QED) is 0.874. The van der Waals surface area contributed by atoms with E-state index in [0.717, 1.165) is 36.4 Å². The van der Waals surface area contributed by atoms with Gasteiger partial charge in [-0.3, -0.25) is 9.89 Å². The van der Waals surface area contributed by atoms with Gasteiger partial charge in [0.1, 0.15) is 0 Å². The molecule has 3 rings (SSSR count). The van der Waals surface area contributed by atoms with Crippen LogP contribution >= 0.6 is 0 Å². The zero-order valence-corrected chi connectivity index (χ0v) is 13.8. The van der Waals surface area contributed by atoms with Gasteiger partial charge >= 0.3 is 0 Å². The standard InChI is InChI=1S/C15H20N4O3S/c1-23(21,22)17-10-12-6-2-3-8-19(12)15(20)13-7-4-5-11-9-16-18-14(11)13/h4-5,7,9,12,17H,2-3,6,8,10H2,1H3,(H,16,18). The number of rotatable bonds is 4. The van der Waals surface area contributed by atoms with Crippen molar-refractivity contribution in [3.8, 4) is 0 Å². The lowest BCUT2D eigenvalue weighted by molar-refractivity contribution is 0.0620. The molecule has 0 aliphatic carbocycles. The van der Waals surface area contributed by atoms with Crippen LogP contribution in [0.15, 0.2) is 24.4 Å². The van der Waals surface area contributed by atoms with Gasteiger partial charge in [-0.2, -0.15) is 5.10 Å². The Morgan fingerprint density at radius 1 is 1.43 bits per heavy atom. The lowest BCUT2D eigenvalue weighted by Gasteiger charge is -2.36. The number of benzene rings is 1. The SMILES string of the molecule is CS(=O)(=O)NCC1CCCCN1C(=O)c1cccc2cn[nH]c12. The number of H-pyrrole nitrogens is 1. The van der Waals surface area contributed by atoms with Crippen molar-refractivity contribution < 1.29 is 13.2 Å². The number of nitrogens with zero attached hydrogens (tertiary/aromatic N) is 2. The van der Waals surface area contributed by atoms with Crippen molar-refractivity contribution >= 4 is 26.8 Å². The van der Waals surface area contributed by atoms with Gasteiger partial charge in [0, 0.05) is 24.5 Å². The molecule has 124 valence electrons. The van der Waals surface area contributed by atoms with Crippen LogP contribution in [0, 0.1) is 0 Å². The highest BCUT2D eigenvalue weighted by molar-refractivity contribution is 7.88. The normalized spacial score (nSPS) is 19.2. The first-order chi connectivity index (χ1) is 11.0. The van der Waals surface area contributed by atoms with E-state index in [1.54, 1.807) is 17.2 Å². The summed E-state index contributed by atoms with van der Waals surface area (Å²) in [5, 5.41) is 7.75. The van der Waals surface area contributed by atoms with Crippen LogP contribution in [0.1, 0.15) is 29.6 Å². The number of likely N-dealkylation sites (tertiary alicyclic amines) is 1. The van der Waals surface area contributed by atoms with Crippen molar-refractivity contribution in [2.45, 2.75) is 25.3 Å². The molecule has 0 saturated carbocycles. The summed E-state index contributed by atoms with van der Waals surface area (Å²) < 4.78 is 25.2. The Labute approximate surface area is 135 Å². The fraction of sp³-hybridized carbons (Fsp3) is 0.467. The average molecular weight is 336 g/mol. The number of piperidine rings is 1. The first-order valence-corrected chi connectivity index (χ1v) is 9.52. The lowest BCUT2D eigenvalue weighted by atomic mass is 10.0. The third-order valence-corrected chi connectivity index (χ3v) is 4.87. The van der Waals surface area contributed by atoms with Crippen molar-refractivity contribution in [1.82, 2.24) is 19.8 Å². The Balaban J connectivity index is 1.85. The van der Waals surface area contributed by atoms with Crippen molar-refractivity contribution in [2.75, 3.05) is 19.3 Å². The number of amides is 1. The number of hydrogen-bond donors (Lipinski definition) is 2. The number of sulfonamides is 1. The molecule has 1 unspecified atom stereocenters. The summed E-state index contributed by atoms with van der Waals surface area (Å²) in [5.74, 6) is -0.0835. The molecule has 2 heterocycles. The summed E-state index contributed by atoms with van der Waals surface area (Å²) in [7, 11) is -3.27. The van der Waals surface area contributed by atoms with E-state index < -0.39 is 10.0 Å². The first-order valence-electron chi connectivity index (χ1n) is 7.63. The summed E-state index contributed by atoms with van der Waals surface area (Å²) in [6.07, 6.45) is 5.54. The van der Waals surface area contributed by atoms with Gasteiger partial charge in [-0.05, 0) is 25.3 Å². The van der Waals surface area contributed by atoms with Crippen LogP contribution in [-0.2, 0) is 10.0 Å². The third-order valence-electron chi connectivity index (χ3n) is 4.18. The summed E-state index contributed by atoms with van der Waals surface area (Å²) in [4.78, 5) is 14.7. The summed E-state index contributed by atoms with van der Waals surface area (Å²) >= 11 is 0. The molecule has 2 N–H and O–H groups in total. The highest BCUT2D eigenvalue weighted by Crippen LogP contribution is 2.23. The molecule has 0 radical (unpaired) electrons. The van der Waals surface area contributed by atoms with Crippen molar-refractivity contribution in [3.63, 3.8) is 0 Å². The molecule has 0 bridgehead atoms. The van der Waals surface area contributed by atoms with E-state index >= 15 is 0 Å². The van der Waals surface area contributed by atoms with Crippen LogP contribution in [0.4, 0.5) is 0 Å². The van der Waals surface area contributed by atoms with Crippen LogP contribution in [0.5, 0.6) is 0 Å². The van der Waals surface area contributed by atoms with Crippen molar-refractivity contribution in [2.24, 2.45) is 0 Å². The van der Waals surface area contributed by atoms with Crippen LogP contribution in [-0.4, -0.2) is 54.8 Å². The van der Waals surface area contributed by atoms with Gasteiger partial charge in [0.15, 0.2) is 0 Å². The predicted octanol–water partition coefficient (Wildman–Crippen LogP) is 1.11. The topological polar surface area (TPSA) is 95.2 Å². The van der Waals surface area contributed by atoms with Crippen LogP contribution < -0.4 is 4.72 Å². The van der Waals surface area contributed by atoms with Gasteiger partial charge in [-0.25, -0.2) is 13.1 Å². The minimum absolute atomic E-state index is 0.0835. The van der Waals surface area contributed by atoms with Gasteiger partial charge in [0.2, 0.25) is 10.0 Å². The van der Waals surface area contributed by atoms with Crippen molar-refractivity contribution in [3.05, 3.63) is 30.0 Å². The largest absolute Gasteiger partial charge is 0.334 e. The number of aromatic amines is 1. The van der Waals surface area contributed by atoms with Gasteiger partial charge in [-0.1, -0.05) is 12.1 Å². The predicted molar refractivity (Wildman–Crippen MR) is 87.6 cm³/mol. The molecule has 1 amide bonds. The van der Waals surface area contributed by atoms with Crippen LogP contribution in [0.2, 0.25) is 0 Å². The number of hydrogen-bond acceptors (Lipinski definition) is 4. The van der Waals surface area contributed by atoms with E-state index in [1.165, 1.54) is 0 Å². The Bertz CT molecular complexity index is 815. The molecule has 0 spiro atoms. The number of para-hydroxylation sites is 1. The molecule has 1 aromatic heterocycles. The molecule has 1 fully saturated rings. The number of nitrogens with one attached hydrogen (secondary N) is 2. The average Bonchev–Trinajstić information content (AvgIpc) is 3.00. The Hall–Kier alpha value is -1.93. The lowest BCUT2D eigenvalue weighted by Crippen LogP contribution is -2.49. The number of carbonyl (C=O) groups excluding carboxylic acids is 1. The van der Waals surface area contributed by atoms with E-state index in [0.29, 0.717) is 12.1 Å². The molecule has 1 aromatic carbocycles. The molecule has 8 heteroatoms. The van der Waals surface area contributed by atoms with Gasteiger partial charge in [0.25, 0.3) is 5.91 Å². The zero-order valence-electron chi connectivity index (χ0n) is 12.9. The Morgan fingerprint density at radius 3 is 3.04 bits per heavy atom.